The third kappa shape index (κ3) is 8.73. The lowest BCUT2D eigenvalue weighted by Gasteiger charge is -2.12. The van der Waals surface area contributed by atoms with Gasteiger partial charge in [-0.05, 0) is 124 Å². The number of benzene rings is 4. The molecule has 2 atom stereocenters. The third-order valence-corrected chi connectivity index (χ3v) is 8.56. The quantitative estimate of drug-likeness (QED) is 0.211. The van der Waals surface area contributed by atoms with E-state index in [1.807, 2.05) is 13.8 Å². The molecule has 6 nitrogen and oxygen atoms in total. The first kappa shape index (κ1) is 31.4. The summed E-state index contributed by atoms with van der Waals surface area (Å²) in [6.07, 6.45) is 1.07. The first-order valence-electron chi connectivity index (χ1n) is 13.9. The van der Waals surface area contributed by atoms with Crippen LogP contribution in [0.1, 0.15) is 51.7 Å². The highest BCUT2D eigenvalue weighted by Crippen LogP contribution is 2.29. The van der Waals surface area contributed by atoms with Gasteiger partial charge < -0.3 is 19.7 Å². The van der Waals surface area contributed by atoms with Crippen LogP contribution >= 0.6 is 0 Å². The van der Waals surface area contributed by atoms with Gasteiger partial charge in [0.15, 0.2) is 0 Å². The van der Waals surface area contributed by atoms with Crippen LogP contribution in [0.25, 0.3) is 0 Å². The molecule has 0 aliphatic rings. The molecule has 43 heavy (non-hydrogen) atoms. The zero-order chi connectivity index (χ0) is 31.1. The van der Waals surface area contributed by atoms with Crippen LogP contribution in [0.15, 0.2) is 107 Å². The number of sulfone groups is 1. The SMILES string of the molecule is CCC(C)(O)C#Cc1ccc(Oc2ccc(S(=O)(=O)c3ccc(Oc4ccc(C#CC(C)(O)CC)cc4)cc3)cc2)cc1. The van der Waals surface area contributed by atoms with Crippen molar-refractivity contribution >= 4 is 9.84 Å². The van der Waals surface area contributed by atoms with E-state index in [1.165, 1.54) is 24.3 Å². The van der Waals surface area contributed by atoms with Gasteiger partial charge in [0.2, 0.25) is 9.84 Å². The highest BCUT2D eigenvalue weighted by atomic mass is 32.2. The van der Waals surface area contributed by atoms with Crippen LogP contribution in [0.5, 0.6) is 23.0 Å². The molecule has 0 radical (unpaired) electrons. The molecule has 4 aromatic rings. The molecule has 4 aromatic carbocycles. The Morgan fingerprint density at radius 3 is 1.12 bits per heavy atom. The summed E-state index contributed by atoms with van der Waals surface area (Å²) in [6.45, 7) is 7.09. The van der Waals surface area contributed by atoms with Crippen LogP contribution in [0, 0.1) is 23.7 Å². The molecular weight excluding hydrogens is 560 g/mol. The summed E-state index contributed by atoms with van der Waals surface area (Å²) in [4.78, 5) is 0.279. The third-order valence-electron chi connectivity index (χ3n) is 6.78. The van der Waals surface area contributed by atoms with Gasteiger partial charge in [-0.3, -0.25) is 0 Å². The molecule has 0 aliphatic heterocycles. The van der Waals surface area contributed by atoms with E-state index in [1.54, 1.807) is 86.6 Å². The van der Waals surface area contributed by atoms with Crippen molar-refractivity contribution in [3.63, 3.8) is 0 Å². The van der Waals surface area contributed by atoms with Crippen LogP contribution in [-0.2, 0) is 9.84 Å². The van der Waals surface area contributed by atoms with E-state index in [0.717, 1.165) is 11.1 Å². The normalized spacial score (nSPS) is 13.7. The predicted octanol–water partition coefficient (Wildman–Crippen LogP) is 7.13. The molecule has 4 rings (SSSR count). The van der Waals surface area contributed by atoms with Crippen molar-refractivity contribution in [3.8, 4) is 46.7 Å². The molecule has 0 heterocycles. The second-order valence-corrected chi connectivity index (χ2v) is 12.4. The summed E-state index contributed by atoms with van der Waals surface area (Å²) in [5.41, 5.74) is -0.563. The Morgan fingerprint density at radius 1 is 0.558 bits per heavy atom. The largest absolute Gasteiger partial charge is 0.457 e. The maximum Gasteiger partial charge on any atom is 0.206 e. The van der Waals surface area contributed by atoms with Crippen LogP contribution in [0.3, 0.4) is 0 Å². The Bertz CT molecular complexity index is 1630. The lowest BCUT2D eigenvalue weighted by atomic mass is 10.0. The zero-order valence-corrected chi connectivity index (χ0v) is 25.4. The monoisotopic (exact) mass is 594 g/mol. The van der Waals surface area contributed by atoms with Gasteiger partial charge in [0.25, 0.3) is 0 Å². The van der Waals surface area contributed by atoms with Gasteiger partial charge in [0.1, 0.15) is 34.2 Å². The van der Waals surface area contributed by atoms with Crippen molar-refractivity contribution in [2.75, 3.05) is 0 Å². The van der Waals surface area contributed by atoms with Gasteiger partial charge in [0, 0.05) is 11.1 Å². The Kier molecular flexibility index (Phi) is 9.63. The summed E-state index contributed by atoms with van der Waals surface area (Å²) >= 11 is 0. The molecular formula is C36H34O6S. The predicted molar refractivity (Wildman–Crippen MR) is 167 cm³/mol. The van der Waals surface area contributed by atoms with Crippen LogP contribution in [-0.4, -0.2) is 29.8 Å². The zero-order valence-electron chi connectivity index (χ0n) is 24.6. The summed E-state index contributed by atoms with van der Waals surface area (Å²) in [7, 11) is -3.75. The summed E-state index contributed by atoms with van der Waals surface area (Å²) < 4.78 is 38.1. The van der Waals surface area contributed by atoms with Crippen LogP contribution in [0.2, 0.25) is 0 Å². The maximum atomic E-state index is 13.2. The second-order valence-electron chi connectivity index (χ2n) is 10.5. The Morgan fingerprint density at radius 2 is 0.837 bits per heavy atom. The molecule has 0 spiro atoms. The molecule has 0 fully saturated rings. The fraction of sp³-hybridized carbons (Fsp3) is 0.222. The molecule has 0 bridgehead atoms. The van der Waals surface area contributed by atoms with Gasteiger partial charge in [-0.25, -0.2) is 8.42 Å². The molecule has 220 valence electrons. The van der Waals surface area contributed by atoms with Gasteiger partial charge in [-0.2, -0.15) is 0 Å². The van der Waals surface area contributed by atoms with Crippen molar-refractivity contribution in [2.45, 2.75) is 61.5 Å². The van der Waals surface area contributed by atoms with Gasteiger partial charge >= 0.3 is 0 Å². The number of aliphatic hydroxyl groups is 2. The highest BCUT2D eigenvalue weighted by molar-refractivity contribution is 7.91. The van der Waals surface area contributed by atoms with E-state index in [-0.39, 0.29) is 9.79 Å². The van der Waals surface area contributed by atoms with Gasteiger partial charge in [-0.1, -0.05) is 37.5 Å². The maximum absolute atomic E-state index is 13.2. The average molecular weight is 595 g/mol. The minimum absolute atomic E-state index is 0.140. The van der Waals surface area contributed by atoms with E-state index in [9.17, 15) is 18.6 Å². The molecule has 2 unspecified atom stereocenters. The molecule has 2 N–H and O–H groups in total. The fourth-order valence-electron chi connectivity index (χ4n) is 3.58. The summed E-state index contributed by atoms with van der Waals surface area (Å²) in [6, 6.07) is 26.7. The van der Waals surface area contributed by atoms with E-state index < -0.39 is 21.0 Å². The molecule has 0 saturated heterocycles. The Balaban J connectivity index is 1.38. The second kappa shape index (κ2) is 13.2. The van der Waals surface area contributed by atoms with Crippen molar-refractivity contribution < 1.29 is 28.1 Å². The smallest absolute Gasteiger partial charge is 0.206 e. The van der Waals surface area contributed by atoms with E-state index in [0.29, 0.717) is 35.8 Å². The molecule has 0 saturated carbocycles. The van der Waals surface area contributed by atoms with E-state index >= 15 is 0 Å². The number of hydrogen-bond donors (Lipinski definition) is 2. The standard InChI is InChI=1S/C36H34O6S/c1-5-35(3,37)25-23-27-7-11-29(12-8-27)41-31-15-19-33(20-16-31)43(39,40)34-21-17-32(18-22-34)42-30-13-9-28(10-14-30)24-26-36(4,38)6-2/h7-22,37-38H,5-6H2,1-4H3. The lowest BCUT2D eigenvalue weighted by Crippen LogP contribution is -2.19. The number of hydrogen-bond acceptors (Lipinski definition) is 6. The minimum atomic E-state index is -3.75. The Labute approximate surface area is 253 Å². The van der Waals surface area contributed by atoms with Crippen molar-refractivity contribution in [1.29, 1.82) is 0 Å². The molecule has 0 aromatic heterocycles. The minimum Gasteiger partial charge on any atom is -0.457 e. The molecule has 0 amide bonds. The fourth-order valence-corrected chi connectivity index (χ4v) is 4.85. The Hall–Kier alpha value is -4.53. The van der Waals surface area contributed by atoms with Gasteiger partial charge in [0.05, 0.1) is 9.79 Å². The lowest BCUT2D eigenvalue weighted by molar-refractivity contribution is 0.117. The summed E-state index contributed by atoms with van der Waals surface area (Å²) in [5, 5.41) is 20.1. The van der Waals surface area contributed by atoms with Crippen molar-refractivity contribution in [3.05, 3.63) is 108 Å². The number of rotatable bonds is 8. The molecule has 0 aliphatic carbocycles. The van der Waals surface area contributed by atoms with Crippen molar-refractivity contribution in [2.24, 2.45) is 0 Å². The first-order chi connectivity index (χ1) is 20.4. The van der Waals surface area contributed by atoms with Crippen LogP contribution in [0.4, 0.5) is 0 Å². The first-order valence-corrected chi connectivity index (χ1v) is 15.4. The van der Waals surface area contributed by atoms with Gasteiger partial charge in [-0.15, -0.1) is 0 Å². The van der Waals surface area contributed by atoms with Crippen LogP contribution < -0.4 is 9.47 Å². The topological polar surface area (TPSA) is 93.1 Å². The van der Waals surface area contributed by atoms with E-state index in [2.05, 4.69) is 23.7 Å². The molecule has 7 heteroatoms. The average Bonchev–Trinajstić information content (AvgIpc) is 3.01. The highest BCUT2D eigenvalue weighted by Gasteiger charge is 2.18. The van der Waals surface area contributed by atoms with Crippen molar-refractivity contribution in [1.82, 2.24) is 0 Å². The summed E-state index contributed by atoms with van der Waals surface area (Å²) in [5.74, 6) is 13.7. The van der Waals surface area contributed by atoms with E-state index in [4.69, 9.17) is 9.47 Å². The number of ether oxygens (including phenoxy) is 2.